The summed E-state index contributed by atoms with van der Waals surface area (Å²) in [4.78, 5) is 19.0. The molecule has 2 aromatic heterocycles. The number of pyridine rings is 1. The number of primary sulfonamides is 1. The molecule has 3 aliphatic heterocycles. The zero-order chi connectivity index (χ0) is 38.4. The highest BCUT2D eigenvalue weighted by Gasteiger charge is 2.45. The highest BCUT2D eigenvalue weighted by atomic mass is 32.2. The van der Waals surface area contributed by atoms with Gasteiger partial charge in [0.2, 0.25) is 10.0 Å². The van der Waals surface area contributed by atoms with Gasteiger partial charge in [-0.05, 0) is 85.6 Å². The molecule has 0 bridgehead atoms. The maximum atomic E-state index is 17.3. The van der Waals surface area contributed by atoms with Crippen molar-refractivity contribution in [2.24, 2.45) is 11.1 Å². The van der Waals surface area contributed by atoms with E-state index in [0.29, 0.717) is 53.1 Å². The number of anilines is 1. The Labute approximate surface area is 321 Å². The first-order chi connectivity index (χ1) is 25.7. The molecule has 2 N–H and O–H groups in total. The molecular weight excluding hydrogens is 716 g/mol. The van der Waals surface area contributed by atoms with E-state index in [9.17, 15) is 8.42 Å². The Balaban J connectivity index is 1.36. The van der Waals surface area contributed by atoms with Gasteiger partial charge in [-0.15, -0.1) is 5.54 Å². The Bertz CT molecular complexity index is 2180. The van der Waals surface area contributed by atoms with E-state index in [1.807, 2.05) is 41.3 Å². The predicted molar refractivity (Wildman–Crippen MR) is 219 cm³/mol. The summed E-state index contributed by atoms with van der Waals surface area (Å²) < 4.78 is 47.9. The van der Waals surface area contributed by atoms with Crippen LogP contribution >= 0.6 is 0 Å². The van der Waals surface area contributed by atoms with Gasteiger partial charge in [-0.1, -0.05) is 77.8 Å². The number of sulfonamides is 1. The number of nitrogens with two attached hydrogens (primary N) is 1. The van der Waals surface area contributed by atoms with E-state index in [0.717, 1.165) is 68.0 Å². The summed E-state index contributed by atoms with van der Waals surface area (Å²) in [5.41, 5.74) is 7.09. The number of aromatic nitrogens is 3. The maximum Gasteiger partial charge on any atom is 0.319 e. The monoisotopic (exact) mass is 770 g/mol. The number of rotatable bonds is 10. The molecule has 1 atom stereocenters. The van der Waals surface area contributed by atoms with Gasteiger partial charge in [-0.25, -0.2) is 17.9 Å². The Morgan fingerprint density at radius 2 is 1.67 bits per heavy atom. The second-order valence-corrected chi connectivity index (χ2v) is 24.1. The molecule has 4 aromatic rings. The maximum absolute atomic E-state index is 17.3. The summed E-state index contributed by atoms with van der Waals surface area (Å²) in [5.74, 6) is 3.29. The van der Waals surface area contributed by atoms with Crippen LogP contribution in [-0.4, -0.2) is 80.4 Å². The van der Waals surface area contributed by atoms with E-state index in [4.69, 9.17) is 24.8 Å². The molecule has 9 nitrogen and oxygen atoms in total. The molecule has 0 saturated carbocycles. The molecule has 5 heterocycles. The molecule has 12 heteroatoms. The minimum Gasteiger partial charge on any atom is -0.461 e. The highest BCUT2D eigenvalue weighted by molar-refractivity contribution is 7.89. The lowest BCUT2D eigenvalue weighted by atomic mass is 9.95. The molecule has 0 amide bonds. The van der Waals surface area contributed by atoms with Crippen LogP contribution in [0.5, 0.6) is 6.01 Å². The normalized spacial score (nSPS) is 19.2. The predicted octanol–water partition coefficient (Wildman–Crippen LogP) is 8.07. The Kier molecular flexibility index (Phi) is 10.8. The largest absolute Gasteiger partial charge is 0.461 e. The Morgan fingerprint density at radius 3 is 2.33 bits per heavy atom. The molecule has 288 valence electrons. The minimum atomic E-state index is -3.67. The Hall–Kier alpha value is -3.63. The molecule has 2 aromatic carbocycles. The molecule has 1 unspecified atom stereocenters. The first-order valence-corrected chi connectivity index (χ1v) is 23.7. The third-order valence-electron chi connectivity index (χ3n) is 12.7. The van der Waals surface area contributed by atoms with Gasteiger partial charge in [-0.3, -0.25) is 9.88 Å². The fraction of sp³-hybridized carbons (Fsp3) is 0.548. The zero-order valence-electron chi connectivity index (χ0n) is 32.7. The van der Waals surface area contributed by atoms with Gasteiger partial charge in [0.15, 0.2) is 5.82 Å². The van der Waals surface area contributed by atoms with Crippen molar-refractivity contribution in [2.75, 3.05) is 43.4 Å². The summed E-state index contributed by atoms with van der Waals surface area (Å²) in [5, 5.41) is 7.76. The summed E-state index contributed by atoms with van der Waals surface area (Å²) in [6.07, 6.45) is 7.51. The average molecular weight is 771 g/mol. The number of benzene rings is 2. The molecule has 0 radical (unpaired) electrons. The van der Waals surface area contributed by atoms with Gasteiger partial charge in [0, 0.05) is 35.8 Å². The highest BCUT2D eigenvalue weighted by Crippen LogP contribution is 2.42. The quantitative estimate of drug-likeness (QED) is 0.127. The van der Waals surface area contributed by atoms with Crippen LogP contribution in [0.1, 0.15) is 85.6 Å². The van der Waals surface area contributed by atoms with Gasteiger partial charge in [0.25, 0.3) is 0 Å². The molecular formula is C42H55FN6O3SSi. The number of nitrogens with zero attached hydrogens (tertiary/aromatic N) is 5. The number of hydrogen-bond donors (Lipinski definition) is 1. The van der Waals surface area contributed by atoms with Crippen molar-refractivity contribution in [3.05, 3.63) is 54.0 Å². The fourth-order valence-corrected chi connectivity index (χ4v) is 16.3. The lowest BCUT2D eigenvalue weighted by Gasteiger charge is -2.38. The van der Waals surface area contributed by atoms with Crippen LogP contribution in [0.4, 0.5) is 10.2 Å². The van der Waals surface area contributed by atoms with E-state index >= 15 is 4.39 Å². The van der Waals surface area contributed by atoms with Gasteiger partial charge in [-0.2, -0.15) is 9.97 Å². The van der Waals surface area contributed by atoms with E-state index in [1.165, 1.54) is 0 Å². The first-order valence-electron chi connectivity index (χ1n) is 19.8. The van der Waals surface area contributed by atoms with E-state index < -0.39 is 23.9 Å². The SMILES string of the molecule is CC(C)[Si](C#Cc1cccc2cccc(-c3ncc4c(N5CCCC(CS(N)(=O)=O)C5)nc(OCC56CCCN5CCC6)nc4c3F)c12)(C(C)C)C(C)C. The van der Waals surface area contributed by atoms with Crippen molar-refractivity contribution in [1.82, 2.24) is 19.9 Å². The number of ether oxygens (including phenoxy) is 1. The molecule has 0 spiro atoms. The third kappa shape index (κ3) is 7.25. The molecule has 3 saturated heterocycles. The van der Waals surface area contributed by atoms with Crippen molar-refractivity contribution in [2.45, 2.75) is 102 Å². The van der Waals surface area contributed by atoms with Gasteiger partial charge in [0.05, 0.1) is 16.7 Å². The lowest BCUT2D eigenvalue weighted by Crippen LogP contribution is -2.43. The van der Waals surface area contributed by atoms with Crippen LogP contribution in [0.25, 0.3) is 32.9 Å². The lowest BCUT2D eigenvalue weighted by molar-refractivity contribution is 0.108. The number of halogens is 1. The van der Waals surface area contributed by atoms with Crippen molar-refractivity contribution < 1.29 is 17.5 Å². The van der Waals surface area contributed by atoms with Crippen LogP contribution in [0, 0.1) is 23.2 Å². The molecule has 54 heavy (non-hydrogen) atoms. The molecule has 3 fully saturated rings. The van der Waals surface area contributed by atoms with Crippen LogP contribution in [0.2, 0.25) is 16.6 Å². The van der Waals surface area contributed by atoms with E-state index in [1.54, 1.807) is 6.20 Å². The molecule has 0 aliphatic carbocycles. The molecule has 7 rings (SSSR count). The van der Waals surface area contributed by atoms with Crippen LogP contribution in [-0.2, 0) is 10.0 Å². The van der Waals surface area contributed by atoms with Crippen LogP contribution < -0.4 is 14.8 Å². The second-order valence-electron chi connectivity index (χ2n) is 16.9. The average Bonchev–Trinajstić information content (AvgIpc) is 3.71. The minimum absolute atomic E-state index is 0.0479. The third-order valence-corrected chi connectivity index (χ3v) is 19.9. The van der Waals surface area contributed by atoms with Crippen molar-refractivity contribution in [3.8, 4) is 28.7 Å². The van der Waals surface area contributed by atoms with Gasteiger partial charge >= 0.3 is 6.01 Å². The summed E-state index contributed by atoms with van der Waals surface area (Å²) in [7, 11) is -5.71. The zero-order valence-corrected chi connectivity index (χ0v) is 34.5. The summed E-state index contributed by atoms with van der Waals surface area (Å²) in [6, 6.07) is 12.1. The summed E-state index contributed by atoms with van der Waals surface area (Å²) >= 11 is 0. The Morgan fingerprint density at radius 1 is 0.981 bits per heavy atom. The van der Waals surface area contributed by atoms with Crippen molar-refractivity contribution >= 4 is 45.6 Å². The topological polar surface area (TPSA) is 115 Å². The van der Waals surface area contributed by atoms with Gasteiger partial charge in [0.1, 0.15) is 31.7 Å². The standard InChI is InChI=1S/C42H55FN6O3SSi/c1-28(2)54(29(3)4,30(5)6)23-17-33-14-7-13-32-15-8-16-34(36(32)33)38-37(43)39-35(24-45-38)40(48-20-9-12-31(25-48)26-53(44,50)51)47-41(46-39)52-27-42-18-10-21-49(42)22-11-19-42/h7-8,13-16,24,28-31H,9-12,18-22,25-27H2,1-6H3,(H2,44,50,51). The number of piperidine rings is 1. The van der Waals surface area contributed by atoms with Crippen molar-refractivity contribution in [3.63, 3.8) is 0 Å². The van der Waals surface area contributed by atoms with Crippen molar-refractivity contribution in [1.29, 1.82) is 0 Å². The second kappa shape index (κ2) is 15.1. The molecule has 3 aliphatic rings. The summed E-state index contributed by atoms with van der Waals surface area (Å²) in [6.45, 7) is 17.4. The number of fused-ring (bicyclic) bond motifs is 3. The van der Waals surface area contributed by atoms with Gasteiger partial charge < -0.3 is 9.64 Å². The smallest absolute Gasteiger partial charge is 0.319 e. The van der Waals surface area contributed by atoms with Crippen LogP contribution in [0.15, 0.2) is 42.6 Å². The number of hydrogen-bond acceptors (Lipinski definition) is 8. The van der Waals surface area contributed by atoms with E-state index in [2.05, 4.69) is 57.9 Å². The first kappa shape index (κ1) is 38.6. The fourth-order valence-electron chi connectivity index (χ4n) is 10.1. The van der Waals surface area contributed by atoms with E-state index in [-0.39, 0.29) is 34.4 Å². The van der Waals surface area contributed by atoms with Crippen LogP contribution in [0.3, 0.4) is 0 Å².